The lowest BCUT2D eigenvalue weighted by Crippen LogP contribution is -2.49. The van der Waals surface area contributed by atoms with E-state index in [4.69, 9.17) is 4.74 Å². The fraction of sp³-hybridized carbons (Fsp3) is 0.619. The molecule has 0 aliphatic carbocycles. The van der Waals surface area contributed by atoms with Crippen molar-refractivity contribution in [3.05, 3.63) is 23.8 Å². The largest absolute Gasteiger partial charge is 0.487 e. The van der Waals surface area contributed by atoms with Crippen LogP contribution in [0.1, 0.15) is 33.3 Å². The van der Waals surface area contributed by atoms with Gasteiger partial charge in [0, 0.05) is 30.6 Å². The Balaban J connectivity index is 2.62. The van der Waals surface area contributed by atoms with E-state index in [1.165, 1.54) is 10.4 Å². The highest BCUT2D eigenvalue weighted by molar-refractivity contribution is 7.89. The first kappa shape index (κ1) is 23.6. The minimum absolute atomic E-state index is 0.0577. The molecule has 0 spiro atoms. The van der Waals surface area contributed by atoms with Crippen LogP contribution in [0.2, 0.25) is 0 Å². The molecule has 3 atom stereocenters. The summed E-state index contributed by atoms with van der Waals surface area (Å²) in [5.74, 6) is 5.74. The first-order valence-electron chi connectivity index (χ1n) is 9.69. The van der Waals surface area contributed by atoms with E-state index in [9.17, 15) is 18.6 Å². The Bertz CT molecular complexity index is 881. The Labute approximate surface area is 174 Å². The Hall–Kier alpha value is -1.63. The van der Waals surface area contributed by atoms with Gasteiger partial charge in [0.25, 0.3) is 0 Å². The van der Waals surface area contributed by atoms with Gasteiger partial charge >= 0.3 is 0 Å². The molecule has 162 valence electrons. The normalized spacial score (nSPS) is 23.2. The maximum Gasteiger partial charge on any atom is 0.247 e. The van der Waals surface area contributed by atoms with Crippen molar-refractivity contribution < 1.29 is 23.4 Å². The third-order valence-electron chi connectivity index (χ3n) is 4.72. The summed E-state index contributed by atoms with van der Waals surface area (Å²) in [7, 11) is 0.0110. The number of ether oxygens (including phenoxy) is 1. The number of nitrogens with zero attached hydrogens (tertiary/aromatic N) is 2. The molecular formula is C21H32N2O5S. The zero-order chi connectivity index (χ0) is 22.0. The van der Waals surface area contributed by atoms with Crippen LogP contribution in [0.15, 0.2) is 23.1 Å². The zero-order valence-corrected chi connectivity index (χ0v) is 18.8. The molecule has 1 aromatic carbocycles. The zero-order valence-electron chi connectivity index (χ0n) is 18.0. The van der Waals surface area contributed by atoms with Crippen molar-refractivity contribution in [2.24, 2.45) is 5.92 Å². The molecule has 0 amide bonds. The number of likely N-dealkylation sites (N-methyl/N-ethyl adjacent to an activating group) is 1. The van der Waals surface area contributed by atoms with Gasteiger partial charge in [0.05, 0.1) is 6.61 Å². The van der Waals surface area contributed by atoms with Gasteiger partial charge < -0.3 is 19.8 Å². The van der Waals surface area contributed by atoms with Crippen LogP contribution in [0.25, 0.3) is 0 Å². The maximum absolute atomic E-state index is 13.3. The maximum atomic E-state index is 13.3. The summed E-state index contributed by atoms with van der Waals surface area (Å²) in [6.07, 6.45) is -0.245. The summed E-state index contributed by atoms with van der Waals surface area (Å²) in [6, 6.07) is 4.14. The van der Waals surface area contributed by atoms with Gasteiger partial charge in [0.15, 0.2) is 0 Å². The van der Waals surface area contributed by atoms with Crippen molar-refractivity contribution in [3.8, 4) is 17.6 Å². The van der Waals surface area contributed by atoms with Gasteiger partial charge in [-0.2, -0.15) is 4.31 Å². The molecule has 0 aromatic heterocycles. The average molecular weight is 425 g/mol. The third kappa shape index (κ3) is 5.93. The highest BCUT2D eigenvalue weighted by Gasteiger charge is 2.37. The van der Waals surface area contributed by atoms with Crippen LogP contribution < -0.4 is 4.74 Å². The Morgan fingerprint density at radius 3 is 2.59 bits per heavy atom. The summed E-state index contributed by atoms with van der Waals surface area (Å²) in [6.45, 7) is 7.40. The van der Waals surface area contributed by atoms with Gasteiger partial charge in [-0.05, 0) is 53.1 Å². The Kier molecular flexibility index (Phi) is 7.36. The Morgan fingerprint density at radius 1 is 1.38 bits per heavy atom. The molecule has 0 saturated heterocycles. The quantitative estimate of drug-likeness (QED) is 0.705. The SMILES string of the molecule is C[C@H](CO)N1C[C@H](C)[C@H](CN(C)C)Oc2cc(C#CC(C)(C)O)ccc2S1(=O)=O. The number of hydrogen-bond acceptors (Lipinski definition) is 6. The molecule has 1 aromatic rings. The minimum atomic E-state index is -3.86. The van der Waals surface area contributed by atoms with Crippen LogP contribution in [0.3, 0.4) is 0 Å². The second-order valence-electron chi connectivity index (χ2n) is 8.47. The number of rotatable bonds is 4. The topological polar surface area (TPSA) is 90.3 Å². The van der Waals surface area contributed by atoms with Gasteiger partial charge in [0.1, 0.15) is 22.4 Å². The molecule has 1 heterocycles. The van der Waals surface area contributed by atoms with Gasteiger partial charge in [-0.1, -0.05) is 18.8 Å². The van der Waals surface area contributed by atoms with Crippen LogP contribution in [0.4, 0.5) is 0 Å². The molecule has 0 saturated carbocycles. The number of aliphatic hydroxyl groups is 2. The molecular weight excluding hydrogens is 392 g/mol. The van der Waals surface area contributed by atoms with Crippen molar-refractivity contribution in [2.45, 2.75) is 50.3 Å². The molecule has 0 fully saturated rings. The van der Waals surface area contributed by atoms with Crippen molar-refractivity contribution in [2.75, 3.05) is 33.8 Å². The molecule has 2 rings (SSSR count). The van der Waals surface area contributed by atoms with Crippen molar-refractivity contribution in [3.63, 3.8) is 0 Å². The molecule has 1 aliphatic heterocycles. The van der Waals surface area contributed by atoms with Crippen molar-refractivity contribution in [1.82, 2.24) is 9.21 Å². The average Bonchev–Trinajstić information content (AvgIpc) is 2.61. The van der Waals surface area contributed by atoms with Gasteiger partial charge in [0.2, 0.25) is 10.0 Å². The van der Waals surface area contributed by atoms with Crippen LogP contribution >= 0.6 is 0 Å². The standard InChI is InChI=1S/C21H32N2O5S/c1-15-12-23(16(2)14-24)29(26,27)20-8-7-17(9-10-21(3,4)25)11-18(20)28-19(15)13-22(5)6/h7-8,11,15-16,19,24-25H,12-14H2,1-6H3/t15-,16+,19-/m0/s1. The molecule has 1 aliphatic rings. The van der Waals surface area contributed by atoms with Crippen LogP contribution in [0, 0.1) is 17.8 Å². The molecule has 7 nitrogen and oxygen atoms in total. The number of sulfonamides is 1. The number of benzene rings is 1. The highest BCUT2D eigenvalue weighted by Crippen LogP contribution is 2.34. The van der Waals surface area contributed by atoms with E-state index in [1.807, 2.05) is 25.9 Å². The third-order valence-corrected chi connectivity index (χ3v) is 6.74. The number of fused-ring (bicyclic) bond motifs is 1. The summed E-state index contributed by atoms with van der Waals surface area (Å²) in [5.41, 5.74) is -0.605. The van der Waals surface area contributed by atoms with E-state index in [2.05, 4.69) is 11.8 Å². The van der Waals surface area contributed by atoms with Crippen molar-refractivity contribution >= 4 is 10.0 Å². The van der Waals surface area contributed by atoms with E-state index in [1.54, 1.807) is 32.9 Å². The molecule has 0 unspecified atom stereocenters. The fourth-order valence-corrected chi connectivity index (χ4v) is 4.93. The van der Waals surface area contributed by atoms with Crippen LogP contribution in [0.5, 0.6) is 5.75 Å². The summed E-state index contributed by atoms with van der Waals surface area (Å²) >= 11 is 0. The van der Waals surface area contributed by atoms with E-state index < -0.39 is 21.7 Å². The van der Waals surface area contributed by atoms with E-state index in [0.29, 0.717) is 12.1 Å². The molecule has 0 bridgehead atoms. The molecule has 29 heavy (non-hydrogen) atoms. The van der Waals surface area contributed by atoms with Gasteiger partial charge in [-0.15, -0.1) is 0 Å². The lowest BCUT2D eigenvalue weighted by molar-refractivity contribution is 0.0812. The predicted molar refractivity (Wildman–Crippen MR) is 112 cm³/mol. The van der Waals surface area contributed by atoms with E-state index >= 15 is 0 Å². The van der Waals surface area contributed by atoms with E-state index in [0.717, 1.165) is 0 Å². The smallest absolute Gasteiger partial charge is 0.247 e. The highest BCUT2D eigenvalue weighted by atomic mass is 32.2. The number of hydrogen-bond donors (Lipinski definition) is 2. The van der Waals surface area contributed by atoms with Crippen LogP contribution in [-0.4, -0.2) is 79.4 Å². The second kappa shape index (κ2) is 9.02. The van der Waals surface area contributed by atoms with Gasteiger partial charge in [-0.25, -0.2) is 8.42 Å². The lowest BCUT2D eigenvalue weighted by Gasteiger charge is -2.37. The van der Waals surface area contributed by atoms with E-state index in [-0.39, 0.29) is 35.8 Å². The summed E-state index contributed by atoms with van der Waals surface area (Å²) < 4.78 is 34.2. The number of aliphatic hydroxyl groups excluding tert-OH is 1. The molecule has 2 N–H and O–H groups in total. The molecule has 0 radical (unpaired) electrons. The second-order valence-corrected chi connectivity index (χ2v) is 10.3. The summed E-state index contributed by atoms with van der Waals surface area (Å²) in [5, 5.41) is 19.5. The first-order chi connectivity index (χ1) is 13.3. The van der Waals surface area contributed by atoms with Crippen molar-refractivity contribution in [1.29, 1.82) is 0 Å². The predicted octanol–water partition coefficient (Wildman–Crippen LogP) is 1.14. The molecule has 8 heteroatoms. The minimum Gasteiger partial charge on any atom is -0.487 e. The fourth-order valence-electron chi connectivity index (χ4n) is 3.11. The monoisotopic (exact) mass is 424 g/mol. The lowest BCUT2D eigenvalue weighted by atomic mass is 10.0. The van der Waals surface area contributed by atoms with Gasteiger partial charge in [-0.3, -0.25) is 0 Å². The Morgan fingerprint density at radius 2 is 2.03 bits per heavy atom. The summed E-state index contributed by atoms with van der Waals surface area (Å²) in [4.78, 5) is 2.05. The first-order valence-corrected chi connectivity index (χ1v) is 11.1. The van der Waals surface area contributed by atoms with Crippen LogP contribution in [-0.2, 0) is 10.0 Å².